The Bertz CT molecular complexity index is 818. The second-order valence-electron chi connectivity index (χ2n) is 6.71. The fourth-order valence-corrected chi connectivity index (χ4v) is 3.60. The number of ether oxygens (including phenoxy) is 2. The van der Waals surface area contributed by atoms with Crippen molar-refractivity contribution < 1.29 is 19.1 Å². The van der Waals surface area contributed by atoms with E-state index < -0.39 is 11.9 Å². The van der Waals surface area contributed by atoms with Gasteiger partial charge in [-0.15, -0.1) is 0 Å². The van der Waals surface area contributed by atoms with Gasteiger partial charge in [0.25, 0.3) is 0 Å². The Morgan fingerprint density at radius 1 is 0.857 bits per heavy atom. The number of rotatable bonds is 4. The molecule has 6 heteroatoms. The van der Waals surface area contributed by atoms with Crippen LogP contribution in [-0.2, 0) is 19.1 Å². The Kier molecular flexibility index (Phi) is 6.53. The minimum atomic E-state index is -0.595. The molecule has 6 nitrogen and oxygen atoms in total. The van der Waals surface area contributed by atoms with E-state index in [-0.39, 0.29) is 11.3 Å². The number of anilines is 2. The Labute approximate surface area is 165 Å². The summed E-state index contributed by atoms with van der Waals surface area (Å²) in [5, 5.41) is 0. The molecule has 0 saturated carbocycles. The molecule has 0 atom stereocenters. The molecule has 1 aromatic carbocycles. The number of methoxy groups -OCH3 is 2. The number of allylic oxidation sites excluding steroid dienone is 2. The van der Waals surface area contributed by atoms with E-state index in [2.05, 4.69) is 11.0 Å². The fourth-order valence-electron chi connectivity index (χ4n) is 3.60. The third-order valence-electron chi connectivity index (χ3n) is 4.98. The van der Waals surface area contributed by atoms with Gasteiger partial charge in [0, 0.05) is 19.3 Å². The minimum absolute atomic E-state index is 0.140. The average Bonchev–Trinajstić information content (AvgIpc) is 3.13. The first-order valence-electron chi connectivity index (χ1n) is 9.56. The molecule has 0 spiro atoms. The van der Waals surface area contributed by atoms with Crippen LogP contribution in [0.4, 0.5) is 11.4 Å². The summed E-state index contributed by atoms with van der Waals surface area (Å²) in [7, 11) is 2.60. The van der Waals surface area contributed by atoms with Gasteiger partial charge < -0.3 is 19.3 Å². The van der Waals surface area contributed by atoms with E-state index >= 15 is 0 Å². The molecule has 0 bridgehead atoms. The maximum absolute atomic E-state index is 12.7. The van der Waals surface area contributed by atoms with Gasteiger partial charge in [-0.05, 0) is 37.1 Å². The van der Waals surface area contributed by atoms with Crippen molar-refractivity contribution in [3.8, 4) is 0 Å². The number of carbonyl (C=O) groups is 2. The number of benzene rings is 1. The van der Waals surface area contributed by atoms with Crippen LogP contribution in [0.15, 0.2) is 60.0 Å². The first kappa shape index (κ1) is 19.7. The zero-order valence-corrected chi connectivity index (χ0v) is 16.4. The molecule has 1 aromatic rings. The van der Waals surface area contributed by atoms with Gasteiger partial charge in [-0.1, -0.05) is 31.1 Å². The van der Waals surface area contributed by atoms with Crippen LogP contribution in [0.5, 0.6) is 0 Å². The second kappa shape index (κ2) is 9.26. The van der Waals surface area contributed by atoms with Crippen molar-refractivity contribution in [3.63, 3.8) is 0 Å². The van der Waals surface area contributed by atoms with Gasteiger partial charge in [0.15, 0.2) is 0 Å². The summed E-state index contributed by atoms with van der Waals surface area (Å²) in [6, 6.07) is 7.93. The third kappa shape index (κ3) is 4.11. The van der Waals surface area contributed by atoms with E-state index in [0.29, 0.717) is 0 Å². The molecule has 1 fully saturated rings. The number of para-hydroxylation sites is 2. The van der Waals surface area contributed by atoms with Gasteiger partial charge in [-0.3, -0.25) is 0 Å². The van der Waals surface area contributed by atoms with E-state index in [1.165, 1.54) is 27.1 Å². The molecular formula is C22H26N2O4. The van der Waals surface area contributed by atoms with Crippen LogP contribution in [0.2, 0.25) is 0 Å². The monoisotopic (exact) mass is 382 g/mol. The normalized spacial score (nSPS) is 17.2. The Hall–Kier alpha value is -3.02. The lowest BCUT2D eigenvalue weighted by Gasteiger charge is -2.30. The van der Waals surface area contributed by atoms with Crippen molar-refractivity contribution in [2.75, 3.05) is 37.1 Å². The van der Waals surface area contributed by atoms with Crippen LogP contribution < -0.4 is 9.80 Å². The smallest absolute Gasteiger partial charge is 0.355 e. The fraction of sp³-hybridized carbons (Fsp3) is 0.364. The molecular weight excluding hydrogens is 356 g/mol. The predicted octanol–water partition coefficient (Wildman–Crippen LogP) is 3.56. The molecule has 2 aliphatic heterocycles. The molecule has 0 unspecified atom stereocenters. The molecule has 2 aliphatic rings. The molecule has 0 aliphatic carbocycles. The first-order chi connectivity index (χ1) is 13.7. The maximum atomic E-state index is 12.7. The summed E-state index contributed by atoms with van der Waals surface area (Å²) in [4.78, 5) is 29.1. The molecule has 1 saturated heterocycles. The molecule has 0 radical (unpaired) electrons. The van der Waals surface area contributed by atoms with E-state index in [1.54, 1.807) is 29.3 Å². The summed E-state index contributed by atoms with van der Waals surface area (Å²) in [5.74, 6) is -1.18. The molecule has 0 amide bonds. The van der Waals surface area contributed by atoms with Crippen LogP contribution >= 0.6 is 0 Å². The van der Waals surface area contributed by atoms with Crippen molar-refractivity contribution in [2.45, 2.75) is 25.7 Å². The summed E-state index contributed by atoms with van der Waals surface area (Å²) in [6.45, 7) is 1.93. The zero-order chi connectivity index (χ0) is 19.9. The first-order valence-corrected chi connectivity index (χ1v) is 9.56. The lowest BCUT2D eigenvalue weighted by Crippen LogP contribution is -2.30. The Morgan fingerprint density at radius 3 is 2.14 bits per heavy atom. The highest BCUT2D eigenvalue weighted by molar-refractivity contribution is 6.06. The van der Waals surface area contributed by atoms with Crippen molar-refractivity contribution in [1.29, 1.82) is 0 Å². The van der Waals surface area contributed by atoms with Crippen molar-refractivity contribution in [3.05, 3.63) is 60.0 Å². The Morgan fingerprint density at radius 2 is 1.50 bits per heavy atom. The number of hydrogen-bond donors (Lipinski definition) is 0. The second-order valence-corrected chi connectivity index (χ2v) is 6.71. The van der Waals surface area contributed by atoms with Crippen LogP contribution in [0.1, 0.15) is 25.7 Å². The van der Waals surface area contributed by atoms with Crippen molar-refractivity contribution in [2.24, 2.45) is 0 Å². The number of esters is 2. The van der Waals surface area contributed by atoms with E-state index in [1.807, 2.05) is 18.2 Å². The van der Waals surface area contributed by atoms with Gasteiger partial charge in [0.05, 0.1) is 31.2 Å². The summed E-state index contributed by atoms with van der Waals surface area (Å²) < 4.78 is 9.90. The highest BCUT2D eigenvalue weighted by atomic mass is 16.5. The Balaban J connectivity index is 2.13. The highest BCUT2D eigenvalue weighted by Gasteiger charge is 2.29. The quantitative estimate of drug-likeness (QED) is 0.742. The van der Waals surface area contributed by atoms with Crippen LogP contribution in [0.25, 0.3) is 0 Å². The van der Waals surface area contributed by atoms with E-state index in [9.17, 15) is 9.59 Å². The van der Waals surface area contributed by atoms with E-state index in [4.69, 9.17) is 9.47 Å². The molecule has 148 valence electrons. The summed E-state index contributed by atoms with van der Waals surface area (Å²) in [5.41, 5.74) is 2.15. The summed E-state index contributed by atoms with van der Waals surface area (Å²) in [6.07, 6.45) is 11.6. The molecule has 2 heterocycles. The average molecular weight is 382 g/mol. The van der Waals surface area contributed by atoms with Crippen LogP contribution in [0.3, 0.4) is 0 Å². The van der Waals surface area contributed by atoms with Crippen LogP contribution in [-0.4, -0.2) is 39.2 Å². The molecule has 0 aromatic heterocycles. The van der Waals surface area contributed by atoms with Gasteiger partial charge in [-0.2, -0.15) is 0 Å². The van der Waals surface area contributed by atoms with Gasteiger partial charge in [-0.25, -0.2) is 9.59 Å². The lowest BCUT2D eigenvalue weighted by molar-refractivity contribution is -0.139. The molecule has 0 N–H and O–H groups in total. The van der Waals surface area contributed by atoms with Gasteiger partial charge >= 0.3 is 11.9 Å². The summed E-state index contributed by atoms with van der Waals surface area (Å²) >= 11 is 0. The minimum Gasteiger partial charge on any atom is -0.465 e. The van der Waals surface area contributed by atoms with E-state index in [0.717, 1.165) is 37.3 Å². The maximum Gasteiger partial charge on any atom is 0.355 e. The molecule has 28 heavy (non-hydrogen) atoms. The van der Waals surface area contributed by atoms with Crippen molar-refractivity contribution >= 4 is 23.3 Å². The van der Waals surface area contributed by atoms with Crippen LogP contribution in [0, 0.1) is 0 Å². The SMILES string of the molecule is COC(=O)C1=C(C(=O)OC)N(c2ccccc2N2CCCCCC2)C=CC=C1. The van der Waals surface area contributed by atoms with Gasteiger partial charge in [0.1, 0.15) is 5.70 Å². The number of hydrogen-bond acceptors (Lipinski definition) is 6. The predicted molar refractivity (Wildman–Crippen MR) is 109 cm³/mol. The zero-order valence-electron chi connectivity index (χ0n) is 16.4. The largest absolute Gasteiger partial charge is 0.465 e. The standard InChI is InChI=1S/C22H26N2O4/c1-27-21(25)17-11-7-10-16-24(20(17)22(26)28-2)19-13-6-5-12-18(19)23-14-8-3-4-9-15-23/h5-7,10-13,16H,3-4,8-9,14-15H2,1-2H3. The topological polar surface area (TPSA) is 59.1 Å². The molecule has 3 rings (SSSR count). The van der Waals surface area contributed by atoms with Gasteiger partial charge in [0.2, 0.25) is 0 Å². The number of nitrogens with zero attached hydrogens (tertiary/aromatic N) is 2. The van der Waals surface area contributed by atoms with Crippen molar-refractivity contribution in [1.82, 2.24) is 0 Å². The lowest BCUT2D eigenvalue weighted by atomic mass is 10.1. The highest BCUT2D eigenvalue weighted by Crippen LogP contribution is 2.35. The third-order valence-corrected chi connectivity index (χ3v) is 4.98. The number of carbonyl (C=O) groups excluding carboxylic acids is 2.